The van der Waals surface area contributed by atoms with E-state index in [0.29, 0.717) is 37.5 Å². The predicted octanol–water partition coefficient (Wildman–Crippen LogP) is 5.96. The van der Waals surface area contributed by atoms with E-state index < -0.39 is 24.0 Å². The molecule has 7 nitrogen and oxygen atoms in total. The van der Waals surface area contributed by atoms with Gasteiger partial charge in [0, 0.05) is 49.4 Å². The zero-order chi connectivity index (χ0) is 28.0. The summed E-state index contributed by atoms with van der Waals surface area (Å²) in [6, 6.07) is 7.75. The number of nitrogens with zero attached hydrogens (tertiary/aromatic N) is 4. The lowest BCUT2D eigenvalue weighted by Gasteiger charge is -2.36. The second-order valence-electron chi connectivity index (χ2n) is 11.2. The minimum absolute atomic E-state index is 0.00373. The molecule has 3 heterocycles. The molecule has 2 aliphatic carbocycles. The highest BCUT2D eigenvalue weighted by Gasteiger charge is 2.46. The van der Waals surface area contributed by atoms with Crippen LogP contribution in [0.15, 0.2) is 48.8 Å². The topological polar surface area (TPSA) is 78.4 Å². The molecule has 40 heavy (non-hydrogen) atoms. The van der Waals surface area contributed by atoms with Gasteiger partial charge in [0.25, 0.3) is 0 Å². The van der Waals surface area contributed by atoms with E-state index in [0.717, 1.165) is 52.9 Å². The van der Waals surface area contributed by atoms with Crippen LogP contribution in [0.25, 0.3) is 11.0 Å². The Hall–Kier alpha value is -3.69. The summed E-state index contributed by atoms with van der Waals surface area (Å²) in [5.74, 6) is -0.478. The molecule has 1 aromatic carbocycles. The van der Waals surface area contributed by atoms with Crippen LogP contribution in [-0.2, 0) is 9.59 Å². The number of benzene rings is 1. The average Bonchev–Trinajstić information content (AvgIpc) is 3.87. The number of alkyl halides is 3. The van der Waals surface area contributed by atoms with Crippen molar-refractivity contribution in [1.29, 1.82) is 0 Å². The fourth-order valence-electron chi connectivity index (χ4n) is 5.81. The smallest absolute Gasteiger partial charge is 0.354 e. The third kappa shape index (κ3) is 5.36. The summed E-state index contributed by atoms with van der Waals surface area (Å²) in [6.45, 7) is 0.831. The van der Waals surface area contributed by atoms with E-state index in [4.69, 9.17) is 0 Å². The molecule has 1 N–H and O–H groups in total. The number of nitrogens with one attached hydrogen (secondary N) is 1. The van der Waals surface area contributed by atoms with E-state index in [-0.39, 0.29) is 17.4 Å². The molecular weight excluding hydrogens is 519 g/mol. The number of carbonyl (C=O) groups is 2. The quantitative estimate of drug-likeness (QED) is 0.392. The SMILES string of the molecule is CN(C(=O)C1CCN(C(=O)C2CC2)CC1)[C@@H](c1ccc(Nc2cnc3cccnc3c2C2CC2)cc1)C(F)(F)F. The number of pyridine rings is 2. The van der Waals surface area contributed by atoms with E-state index in [1.807, 2.05) is 12.1 Å². The number of fused-ring (bicyclic) bond motifs is 1. The van der Waals surface area contributed by atoms with Crippen LogP contribution in [0.3, 0.4) is 0 Å². The molecule has 1 aliphatic heterocycles. The summed E-state index contributed by atoms with van der Waals surface area (Å²) in [5.41, 5.74) is 4.16. The molecule has 0 bridgehead atoms. The van der Waals surface area contributed by atoms with Gasteiger partial charge in [-0.3, -0.25) is 19.6 Å². The van der Waals surface area contributed by atoms with E-state index in [1.54, 1.807) is 29.4 Å². The predicted molar refractivity (Wildman–Crippen MR) is 145 cm³/mol. The van der Waals surface area contributed by atoms with Crippen LogP contribution in [0.2, 0.25) is 0 Å². The molecule has 2 saturated carbocycles. The summed E-state index contributed by atoms with van der Waals surface area (Å²) in [7, 11) is 1.23. The molecule has 10 heteroatoms. The largest absolute Gasteiger partial charge is 0.413 e. The van der Waals surface area contributed by atoms with Crippen molar-refractivity contribution in [3.05, 3.63) is 59.9 Å². The minimum atomic E-state index is -4.64. The highest BCUT2D eigenvalue weighted by molar-refractivity contribution is 5.85. The lowest BCUT2D eigenvalue weighted by Crippen LogP contribution is -2.47. The Bertz CT molecular complexity index is 1410. The van der Waals surface area contributed by atoms with E-state index >= 15 is 0 Å². The first-order chi connectivity index (χ1) is 19.2. The van der Waals surface area contributed by atoms with Crippen molar-refractivity contribution < 1.29 is 22.8 Å². The van der Waals surface area contributed by atoms with Gasteiger partial charge in [-0.2, -0.15) is 13.2 Å². The maximum Gasteiger partial charge on any atom is 0.413 e. The van der Waals surface area contributed by atoms with Crippen molar-refractivity contribution in [1.82, 2.24) is 19.8 Å². The normalized spacial score (nSPS) is 18.9. The van der Waals surface area contributed by atoms with Gasteiger partial charge >= 0.3 is 6.18 Å². The third-order valence-corrected chi connectivity index (χ3v) is 8.28. The lowest BCUT2D eigenvalue weighted by atomic mass is 9.93. The fraction of sp³-hybridized carbons (Fsp3) is 0.467. The molecule has 1 saturated heterocycles. The summed E-state index contributed by atoms with van der Waals surface area (Å²) >= 11 is 0. The molecule has 2 aromatic heterocycles. The number of anilines is 2. The van der Waals surface area contributed by atoms with Gasteiger partial charge in [0.15, 0.2) is 6.04 Å². The highest BCUT2D eigenvalue weighted by Crippen LogP contribution is 2.46. The van der Waals surface area contributed by atoms with E-state index in [9.17, 15) is 22.8 Å². The van der Waals surface area contributed by atoms with Crippen molar-refractivity contribution in [3.8, 4) is 0 Å². The Balaban J connectivity index is 1.17. The second kappa shape index (κ2) is 10.4. The van der Waals surface area contributed by atoms with Crippen LogP contribution in [-0.4, -0.2) is 57.9 Å². The number of rotatable bonds is 7. The molecule has 0 unspecified atom stereocenters. The van der Waals surface area contributed by atoms with Crippen molar-refractivity contribution in [2.24, 2.45) is 11.8 Å². The van der Waals surface area contributed by atoms with Gasteiger partial charge in [-0.05, 0) is 74.3 Å². The first-order valence-electron chi connectivity index (χ1n) is 13.9. The summed E-state index contributed by atoms with van der Waals surface area (Å²) in [5, 5.41) is 3.32. The van der Waals surface area contributed by atoms with Crippen molar-refractivity contribution >= 4 is 34.2 Å². The Morgan fingerprint density at radius 1 is 0.975 bits per heavy atom. The Morgan fingerprint density at radius 3 is 2.30 bits per heavy atom. The van der Waals surface area contributed by atoms with Gasteiger partial charge in [-0.15, -0.1) is 0 Å². The van der Waals surface area contributed by atoms with Crippen LogP contribution in [0.4, 0.5) is 24.5 Å². The van der Waals surface area contributed by atoms with Crippen molar-refractivity contribution in [2.45, 2.75) is 56.7 Å². The van der Waals surface area contributed by atoms with Gasteiger partial charge in [0.1, 0.15) is 0 Å². The van der Waals surface area contributed by atoms with Crippen molar-refractivity contribution in [3.63, 3.8) is 0 Å². The van der Waals surface area contributed by atoms with E-state index in [1.165, 1.54) is 19.2 Å². The number of likely N-dealkylation sites (tertiary alicyclic amines) is 1. The molecule has 6 rings (SSSR count). The Morgan fingerprint density at radius 2 is 1.68 bits per heavy atom. The number of hydrogen-bond donors (Lipinski definition) is 1. The Kier molecular flexibility index (Phi) is 6.88. The number of hydrogen-bond acceptors (Lipinski definition) is 5. The third-order valence-electron chi connectivity index (χ3n) is 8.28. The first kappa shape index (κ1) is 26.5. The number of aromatic nitrogens is 2. The zero-order valence-electron chi connectivity index (χ0n) is 22.3. The van der Waals surface area contributed by atoms with Crippen molar-refractivity contribution in [2.75, 3.05) is 25.5 Å². The number of amides is 2. The summed E-state index contributed by atoms with van der Waals surface area (Å²) in [6.07, 6.45) is 3.54. The highest BCUT2D eigenvalue weighted by atomic mass is 19.4. The van der Waals surface area contributed by atoms with Crippen LogP contribution in [0.5, 0.6) is 0 Å². The van der Waals surface area contributed by atoms with Gasteiger partial charge in [-0.1, -0.05) is 12.1 Å². The molecule has 0 radical (unpaired) electrons. The number of halogens is 3. The Labute approximate surface area is 230 Å². The minimum Gasteiger partial charge on any atom is -0.354 e. The molecule has 3 aromatic rings. The van der Waals surface area contributed by atoms with Crippen LogP contribution in [0, 0.1) is 11.8 Å². The van der Waals surface area contributed by atoms with E-state index in [2.05, 4.69) is 15.3 Å². The van der Waals surface area contributed by atoms with Gasteiger partial charge in [-0.25, -0.2) is 0 Å². The van der Waals surface area contributed by atoms with Crippen LogP contribution >= 0.6 is 0 Å². The molecular formula is C30H32F3N5O2. The lowest BCUT2D eigenvalue weighted by molar-refractivity contribution is -0.191. The van der Waals surface area contributed by atoms with Crippen LogP contribution < -0.4 is 5.32 Å². The van der Waals surface area contributed by atoms with Gasteiger partial charge in [0.2, 0.25) is 11.8 Å². The molecule has 3 fully saturated rings. The maximum atomic E-state index is 14.3. The maximum absolute atomic E-state index is 14.3. The standard InChI is InChI=1S/C30H32F3N5O2/c1-37(28(39)21-12-15-38(16-13-21)29(40)20-6-7-20)27(30(31,32)33)19-8-10-22(11-9-19)36-24-17-35-23-3-2-14-34-26(23)25(24)18-4-5-18/h2-3,8-11,14,17-18,20-21,27,36H,4-7,12-13,15-16H2,1H3/t27-/m0/s1. The molecule has 0 spiro atoms. The summed E-state index contributed by atoms with van der Waals surface area (Å²) < 4.78 is 42.9. The average molecular weight is 552 g/mol. The zero-order valence-corrected chi connectivity index (χ0v) is 22.3. The molecule has 210 valence electrons. The van der Waals surface area contributed by atoms with Crippen LogP contribution in [0.1, 0.15) is 61.6 Å². The monoisotopic (exact) mass is 551 g/mol. The summed E-state index contributed by atoms with van der Waals surface area (Å²) in [4.78, 5) is 37.1. The first-order valence-corrected chi connectivity index (χ1v) is 13.9. The van der Waals surface area contributed by atoms with Gasteiger partial charge < -0.3 is 15.1 Å². The fourth-order valence-corrected chi connectivity index (χ4v) is 5.81. The number of carbonyl (C=O) groups excluding carboxylic acids is 2. The molecule has 1 atom stereocenters. The molecule has 3 aliphatic rings. The second-order valence-corrected chi connectivity index (χ2v) is 11.2. The molecule has 2 amide bonds. The number of piperidine rings is 1. The van der Waals surface area contributed by atoms with Gasteiger partial charge in [0.05, 0.1) is 22.9 Å².